The zero-order valence-corrected chi connectivity index (χ0v) is 64.0. The summed E-state index contributed by atoms with van der Waals surface area (Å²) in [4.78, 5) is 0. The van der Waals surface area contributed by atoms with Crippen molar-refractivity contribution < 1.29 is 0 Å². The molecule has 0 saturated carbocycles. The summed E-state index contributed by atoms with van der Waals surface area (Å²) in [7, 11) is 309. The second kappa shape index (κ2) is 59.9. The maximum atomic E-state index is 7.54. The van der Waals surface area contributed by atoms with Crippen molar-refractivity contribution in [2.75, 3.05) is 14.1 Å². The first kappa shape index (κ1) is 116. The smallest absolute Gasteiger partial charge is 0.0420 e. The van der Waals surface area contributed by atoms with Crippen molar-refractivity contribution in [3.63, 3.8) is 0 Å². The van der Waals surface area contributed by atoms with Gasteiger partial charge in [0.15, 0.2) is 0 Å². The molecule has 92 heteroatoms. The average molecular weight is 1220 g/mol. The van der Waals surface area contributed by atoms with Crippen LogP contribution in [0.5, 0.6) is 0 Å². The van der Waals surface area contributed by atoms with Crippen LogP contribution in [0.15, 0.2) is 72.8 Å². The van der Waals surface area contributed by atoms with Crippen molar-refractivity contribution in [2.24, 2.45) is 11.5 Å². The lowest BCUT2D eigenvalue weighted by Crippen LogP contribution is -2.96. The molecule has 0 aliphatic heterocycles. The van der Waals surface area contributed by atoms with Gasteiger partial charge in [-0.3, -0.25) is 0 Å². The SMILES string of the molecule is CN.CN.[B][B]B([B])B(B(B([B])[B])B([B])[B])B(B(C)B(B(C)B(B(B([B][B])B([B])[B])B(B([B])[B])B([B])[B])B(B(B([B])[B])B([B])[B])B(B([B])[B])B([B])[B])B(B(B([B])B([B])[B])B(B([B])[B])B([B])[B])B(B(B([B])[B])B([B])[B])B(B([B])[B])B([B])[B])B(B(B([B])[B])B([B])[B])B(B([B])[B])B([B])[B].c1ccccc1.c1ccccc1. The fraction of sp³-hybridized carbons (Fsp3) is 0.250. The number of benzene rings is 2. The maximum absolute atomic E-state index is 7.54. The fourth-order valence-corrected chi connectivity index (χ4v) is 17.6. The molecule has 2 nitrogen and oxygen atoms in total. The highest BCUT2D eigenvalue weighted by molar-refractivity contribution is 8.38. The largest absolute Gasteiger partial charge is 0.333 e. The molecule has 2 aromatic carbocycles. The minimum atomic E-state index is -1.66. The quantitative estimate of drug-likeness (QED) is 0.0650. The lowest BCUT2D eigenvalue weighted by molar-refractivity contribution is 1.48. The summed E-state index contributed by atoms with van der Waals surface area (Å²) in [6.07, 6.45) is -64.2. The van der Waals surface area contributed by atoms with Crippen molar-refractivity contribution in [1.29, 1.82) is 0 Å². The van der Waals surface area contributed by atoms with E-state index in [1.165, 1.54) is 14.1 Å². The van der Waals surface area contributed by atoms with E-state index in [0.29, 0.717) is 0 Å². The van der Waals surface area contributed by atoms with E-state index >= 15 is 0 Å². The highest BCUT2D eigenvalue weighted by Crippen LogP contribution is 2.28. The highest BCUT2D eigenvalue weighted by Gasteiger charge is 2.65. The Morgan fingerprint density at radius 2 is 0.324 bits per heavy atom. The van der Waals surface area contributed by atoms with E-state index < -0.39 is 281 Å². The molecule has 2 aromatic rings. The second-order valence-corrected chi connectivity index (χ2v) is 28.7. The van der Waals surface area contributed by atoms with E-state index in [0.717, 1.165) is 14.1 Å². The molecule has 90 radical (unpaired) electrons. The first-order chi connectivity index (χ1) is 50.0. The van der Waals surface area contributed by atoms with Gasteiger partial charge in [-0.1, -0.05) is 72.8 Å². The van der Waals surface area contributed by atoms with Gasteiger partial charge in [-0.25, -0.2) is 0 Å². The number of rotatable bonds is 45. The lowest BCUT2D eigenvalue weighted by Gasteiger charge is -2.58. The number of hydrogen-bond donors (Lipinski definition) is 2. The molecule has 0 bridgehead atoms. The van der Waals surface area contributed by atoms with Gasteiger partial charge in [0, 0.05) is 636 Å². The summed E-state index contributed by atoms with van der Waals surface area (Å²) in [6.45, 7) is 0.452. The van der Waals surface area contributed by atoms with Crippen LogP contribution in [0.1, 0.15) is 0 Å². The normalized spacial score (nSPS) is 9.35. The monoisotopic (exact) mass is 1240 g/mol. The van der Waals surface area contributed by atoms with Crippen molar-refractivity contribution in [2.45, 2.75) is 13.6 Å². The molecule has 0 atom stereocenters. The van der Waals surface area contributed by atoms with E-state index in [9.17, 15) is 0 Å². The summed E-state index contributed by atoms with van der Waals surface area (Å²) >= 11 is 0. The molecule has 0 heterocycles. The van der Waals surface area contributed by atoms with Crippen LogP contribution in [0, 0.1) is 0 Å². The van der Waals surface area contributed by atoms with E-state index in [2.05, 4.69) is 11.5 Å². The summed E-state index contributed by atoms with van der Waals surface area (Å²) in [5.74, 6) is 0. The molecule has 0 aliphatic rings. The predicted octanol–water partition coefficient (Wildman–Crippen LogP) is -30.6. The molecular formula is C16H28B90N2. The van der Waals surface area contributed by atoms with Crippen molar-refractivity contribution in [1.82, 2.24) is 0 Å². The Morgan fingerprint density at radius 1 is 0.167 bits per heavy atom. The van der Waals surface area contributed by atoms with Crippen LogP contribution < -0.4 is 11.5 Å². The standard InChI is InChI=1S/2C6H6.C2H6B90.2CH5N/c2*1-2-4-6-5-3-1;1-49(75(86(71(45)47-3)77(53(9)10)54(11)12)90(80(59(21)22)60(23)24)81(61(25)26)62(27)28)74(89(87(72(46)51(5)6)78(55(13)14)56(15)16)92(84(67(37)38)68(39)40)85(69(41)42)70(43)44)50(2)76(88(73(48-4)52(7)8)79(57(17)18)58(19)20)91(82(63(29)30)64(31)32)83(65(33)34)66(35)36;2*1-2/h2*1-6H;1-2H3;2*2H2,1H3. The Kier molecular flexibility index (Phi) is 64.5. The maximum Gasteiger partial charge on any atom is 0.0420 e. The van der Waals surface area contributed by atoms with Gasteiger partial charge in [-0.15, -0.1) is 13.6 Å². The molecule has 2 rings (SSSR count). The third kappa shape index (κ3) is 35.6. The molecule has 0 saturated heterocycles. The predicted molar refractivity (Wildman–Crippen MR) is 603 cm³/mol. The summed E-state index contributed by atoms with van der Waals surface area (Å²) in [5, 5.41) is 0. The second-order valence-electron chi connectivity index (χ2n) is 28.7. The van der Waals surface area contributed by atoms with E-state index in [4.69, 9.17) is 340 Å². The summed E-state index contributed by atoms with van der Waals surface area (Å²) in [5.41, 5.74) is 9.00. The Hall–Kier alpha value is 4.20. The van der Waals surface area contributed by atoms with Gasteiger partial charge >= 0.3 is 0 Å². The lowest BCUT2D eigenvalue weighted by atomic mass is 8.24. The van der Waals surface area contributed by atoms with E-state index in [-0.39, 0.29) is 0 Å². The van der Waals surface area contributed by atoms with Gasteiger partial charge in [0.05, 0.1) is 0 Å². The molecule has 372 valence electrons. The van der Waals surface area contributed by atoms with Gasteiger partial charge in [0.2, 0.25) is 0 Å². The molecule has 0 fully saturated rings. The Morgan fingerprint density at radius 3 is 0.491 bits per heavy atom. The van der Waals surface area contributed by atoms with Gasteiger partial charge in [-0.2, -0.15) is 0 Å². The van der Waals surface area contributed by atoms with Crippen LogP contribution in [0.25, 0.3) is 0 Å². The average Bonchev–Trinajstić information content (AvgIpc) is 0.726. The highest BCUT2D eigenvalue weighted by atomic mass is 14.4. The zero-order chi connectivity index (χ0) is 85.3. The molecule has 108 heavy (non-hydrogen) atoms. The third-order valence-electron chi connectivity index (χ3n) is 21.5. The first-order valence-corrected chi connectivity index (χ1v) is 36.0. The molecule has 0 unspecified atom stereocenters. The van der Waals surface area contributed by atoms with Gasteiger partial charge in [0.1, 0.15) is 0 Å². The Balaban J connectivity index is -0.00000612. The molecule has 4 N–H and O–H groups in total. The topological polar surface area (TPSA) is 52.0 Å². The van der Waals surface area contributed by atoms with Crippen LogP contribution in [0.3, 0.4) is 0 Å². The van der Waals surface area contributed by atoms with Gasteiger partial charge < -0.3 is 11.5 Å². The zero-order valence-electron chi connectivity index (χ0n) is 64.0. The van der Waals surface area contributed by atoms with Gasteiger partial charge in [0.25, 0.3) is 0 Å². The van der Waals surface area contributed by atoms with Crippen LogP contribution in [0.4, 0.5) is 0 Å². The molecular weight excluding hydrogens is 1190 g/mol. The number of nitrogens with two attached hydrogens (primary N) is 2. The Labute approximate surface area is 740 Å². The minimum Gasteiger partial charge on any atom is -0.333 e. The number of hydrogen-bond acceptors (Lipinski definition) is 2. The minimum absolute atomic E-state index is 1.11. The van der Waals surface area contributed by atoms with Crippen LogP contribution in [-0.4, -0.2) is 650 Å². The molecule has 0 aromatic heterocycles. The Bertz CT molecular complexity index is 2210. The summed E-state index contributed by atoms with van der Waals surface area (Å²) in [6, 6.07) is 24.0. The molecule has 0 aliphatic carbocycles. The first-order valence-electron chi connectivity index (χ1n) is 36.0. The van der Waals surface area contributed by atoms with E-state index in [1.54, 1.807) is 13.6 Å². The van der Waals surface area contributed by atoms with Crippen LogP contribution in [-0.2, 0) is 0 Å². The fourth-order valence-electron chi connectivity index (χ4n) is 17.6. The van der Waals surface area contributed by atoms with E-state index in [1.807, 2.05) is 72.8 Å². The third-order valence-corrected chi connectivity index (χ3v) is 21.5. The van der Waals surface area contributed by atoms with Crippen molar-refractivity contribution >= 4 is 636 Å². The van der Waals surface area contributed by atoms with Crippen molar-refractivity contribution in [3.05, 3.63) is 72.8 Å². The molecule has 0 spiro atoms. The van der Waals surface area contributed by atoms with Gasteiger partial charge in [-0.05, 0) is 14.1 Å². The summed E-state index contributed by atoms with van der Waals surface area (Å²) < 4.78 is 0. The van der Waals surface area contributed by atoms with Crippen LogP contribution >= 0.6 is 0 Å². The van der Waals surface area contributed by atoms with Crippen molar-refractivity contribution in [3.8, 4) is 0 Å². The van der Waals surface area contributed by atoms with Crippen LogP contribution in [0.2, 0.25) is 13.6 Å². The molecule has 0 amide bonds.